The van der Waals surface area contributed by atoms with Crippen LogP contribution in [0.25, 0.3) is 0 Å². The summed E-state index contributed by atoms with van der Waals surface area (Å²) in [6.07, 6.45) is 0. The second-order valence-electron chi connectivity index (χ2n) is 5.03. The quantitative estimate of drug-likeness (QED) is 0.772. The van der Waals surface area contributed by atoms with E-state index in [2.05, 4.69) is 16.0 Å². The van der Waals surface area contributed by atoms with Crippen molar-refractivity contribution < 1.29 is 14.3 Å². The largest absolute Gasteiger partial charge is 0.495 e. The van der Waals surface area contributed by atoms with Gasteiger partial charge in [-0.15, -0.1) is 0 Å². The number of methoxy groups -OCH3 is 1. The van der Waals surface area contributed by atoms with Crippen LogP contribution in [0.15, 0.2) is 42.5 Å². The molecule has 126 valence electrons. The Balaban J connectivity index is 1.99. The molecule has 0 fully saturated rings. The smallest absolute Gasteiger partial charge is 0.319 e. The van der Waals surface area contributed by atoms with E-state index in [9.17, 15) is 9.59 Å². The predicted octanol–water partition coefficient (Wildman–Crippen LogP) is 3.63. The van der Waals surface area contributed by atoms with E-state index in [1.807, 2.05) is 12.1 Å². The molecule has 0 bridgehead atoms. The number of carbonyl (C=O) groups is 2. The standard InChI is InChI=1S/C17H18ClN3O3/c1-11(22)20-15-9-14(6-7-16(15)24-2)21-17(23)19-10-12-4-3-5-13(18)8-12/h3-9H,10H2,1-2H3,(H,20,22)(H2,19,21,23). The number of anilines is 2. The van der Waals surface area contributed by atoms with Crippen molar-refractivity contribution in [3.8, 4) is 5.75 Å². The third kappa shape index (κ3) is 5.17. The van der Waals surface area contributed by atoms with Crippen LogP contribution in [0.2, 0.25) is 5.02 Å². The van der Waals surface area contributed by atoms with Gasteiger partial charge >= 0.3 is 6.03 Å². The number of hydrogen-bond acceptors (Lipinski definition) is 3. The summed E-state index contributed by atoms with van der Waals surface area (Å²) < 4.78 is 5.17. The van der Waals surface area contributed by atoms with E-state index in [-0.39, 0.29) is 11.9 Å². The third-order valence-corrected chi connectivity index (χ3v) is 3.35. The van der Waals surface area contributed by atoms with Crippen LogP contribution in [0.4, 0.5) is 16.2 Å². The maximum Gasteiger partial charge on any atom is 0.319 e. The van der Waals surface area contributed by atoms with Crippen molar-refractivity contribution in [3.63, 3.8) is 0 Å². The Hall–Kier alpha value is -2.73. The van der Waals surface area contributed by atoms with Crippen molar-refractivity contribution >= 4 is 34.9 Å². The molecule has 2 aromatic carbocycles. The Bertz CT molecular complexity index is 750. The molecular formula is C17H18ClN3O3. The van der Waals surface area contributed by atoms with Gasteiger partial charge in [0, 0.05) is 24.2 Å². The molecule has 2 aromatic rings. The number of ether oxygens (including phenoxy) is 1. The van der Waals surface area contributed by atoms with Gasteiger partial charge in [0.2, 0.25) is 5.91 Å². The highest BCUT2D eigenvalue weighted by atomic mass is 35.5. The molecule has 24 heavy (non-hydrogen) atoms. The van der Waals surface area contributed by atoms with E-state index in [4.69, 9.17) is 16.3 Å². The van der Waals surface area contributed by atoms with Crippen molar-refractivity contribution in [2.24, 2.45) is 0 Å². The van der Waals surface area contributed by atoms with Gasteiger partial charge < -0.3 is 20.7 Å². The fourth-order valence-corrected chi connectivity index (χ4v) is 2.29. The van der Waals surface area contributed by atoms with E-state index in [0.717, 1.165) is 5.56 Å². The normalized spacial score (nSPS) is 9.96. The zero-order valence-corrected chi connectivity index (χ0v) is 14.1. The number of halogens is 1. The van der Waals surface area contributed by atoms with Crippen LogP contribution in [0.5, 0.6) is 5.75 Å². The van der Waals surface area contributed by atoms with Crippen molar-refractivity contribution in [3.05, 3.63) is 53.1 Å². The van der Waals surface area contributed by atoms with E-state index < -0.39 is 0 Å². The lowest BCUT2D eigenvalue weighted by Gasteiger charge is -2.12. The second-order valence-corrected chi connectivity index (χ2v) is 5.47. The van der Waals surface area contributed by atoms with Crippen molar-refractivity contribution in [1.29, 1.82) is 0 Å². The van der Waals surface area contributed by atoms with Crippen molar-refractivity contribution in [2.45, 2.75) is 13.5 Å². The molecule has 0 aliphatic carbocycles. The number of rotatable bonds is 5. The third-order valence-electron chi connectivity index (χ3n) is 3.11. The van der Waals surface area contributed by atoms with E-state index in [0.29, 0.717) is 28.7 Å². The first kappa shape index (κ1) is 17.6. The summed E-state index contributed by atoms with van der Waals surface area (Å²) in [5.41, 5.74) is 1.91. The van der Waals surface area contributed by atoms with Gasteiger partial charge in [0.05, 0.1) is 12.8 Å². The molecule has 2 rings (SSSR count). The average molecular weight is 348 g/mol. The molecule has 0 spiro atoms. The summed E-state index contributed by atoms with van der Waals surface area (Å²) in [5.74, 6) is 0.283. The summed E-state index contributed by atoms with van der Waals surface area (Å²) in [6.45, 7) is 1.75. The number of nitrogens with one attached hydrogen (secondary N) is 3. The highest BCUT2D eigenvalue weighted by Crippen LogP contribution is 2.27. The Kier molecular flexibility index (Phi) is 6.03. The number of urea groups is 1. The van der Waals surface area contributed by atoms with Crippen LogP contribution in [-0.4, -0.2) is 19.0 Å². The zero-order valence-electron chi connectivity index (χ0n) is 13.4. The highest BCUT2D eigenvalue weighted by Gasteiger charge is 2.08. The molecule has 0 aliphatic heterocycles. The molecule has 0 aliphatic rings. The molecule has 3 amide bonds. The highest BCUT2D eigenvalue weighted by molar-refractivity contribution is 6.30. The Labute approximate surface area is 145 Å². The molecular weight excluding hydrogens is 330 g/mol. The molecule has 0 heterocycles. The van der Waals surface area contributed by atoms with Crippen LogP contribution in [0.1, 0.15) is 12.5 Å². The summed E-state index contributed by atoms with van der Waals surface area (Å²) in [6, 6.07) is 11.8. The summed E-state index contributed by atoms with van der Waals surface area (Å²) >= 11 is 5.90. The predicted molar refractivity (Wildman–Crippen MR) is 94.6 cm³/mol. The lowest BCUT2D eigenvalue weighted by Crippen LogP contribution is -2.28. The molecule has 0 unspecified atom stereocenters. The van der Waals surface area contributed by atoms with Gasteiger partial charge in [0.25, 0.3) is 0 Å². The maximum absolute atomic E-state index is 12.0. The Morgan fingerprint density at radius 2 is 1.92 bits per heavy atom. The number of benzene rings is 2. The first-order valence-corrected chi connectivity index (χ1v) is 7.60. The van der Waals surface area contributed by atoms with E-state index >= 15 is 0 Å². The van der Waals surface area contributed by atoms with E-state index in [1.165, 1.54) is 14.0 Å². The van der Waals surface area contributed by atoms with Crippen molar-refractivity contribution in [1.82, 2.24) is 5.32 Å². The van der Waals surface area contributed by atoms with Gasteiger partial charge in [-0.1, -0.05) is 23.7 Å². The van der Waals surface area contributed by atoms with Crippen LogP contribution in [-0.2, 0) is 11.3 Å². The average Bonchev–Trinajstić information content (AvgIpc) is 2.53. The van der Waals surface area contributed by atoms with Gasteiger partial charge in [-0.2, -0.15) is 0 Å². The molecule has 6 nitrogen and oxygen atoms in total. The van der Waals surface area contributed by atoms with Gasteiger partial charge in [-0.05, 0) is 35.9 Å². The minimum atomic E-state index is -0.367. The second kappa shape index (κ2) is 8.21. The molecule has 0 saturated carbocycles. The summed E-state index contributed by atoms with van der Waals surface area (Å²) in [5, 5.41) is 8.71. The topological polar surface area (TPSA) is 79.5 Å². The van der Waals surface area contributed by atoms with Gasteiger partial charge in [0.15, 0.2) is 0 Å². The minimum Gasteiger partial charge on any atom is -0.495 e. The van der Waals surface area contributed by atoms with Gasteiger partial charge in [-0.3, -0.25) is 4.79 Å². The number of carbonyl (C=O) groups excluding carboxylic acids is 2. The van der Waals surface area contributed by atoms with E-state index in [1.54, 1.807) is 30.3 Å². The number of hydrogen-bond donors (Lipinski definition) is 3. The van der Waals surface area contributed by atoms with Crippen LogP contribution >= 0.6 is 11.6 Å². The molecule has 3 N–H and O–H groups in total. The lowest BCUT2D eigenvalue weighted by molar-refractivity contribution is -0.114. The minimum absolute atomic E-state index is 0.226. The Morgan fingerprint density at radius 1 is 1.12 bits per heavy atom. The molecule has 0 radical (unpaired) electrons. The lowest BCUT2D eigenvalue weighted by atomic mass is 10.2. The summed E-state index contributed by atoms with van der Waals surface area (Å²) in [4.78, 5) is 23.2. The first-order chi connectivity index (χ1) is 11.5. The Morgan fingerprint density at radius 3 is 2.58 bits per heavy atom. The monoisotopic (exact) mass is 347 g/mol. The zero-order chi connectivity index (χ0) is 17.5. The fraction of sp³-hybridized carbons (Fsp3) is 0.176. The molecule has 7 heteroatoms. The van der Waals surface area contributed by atoms with Crippen LogP contribution in [0, 0.1) is 0 Å². The van der Waals surface area contributed by atoms with Crippen LogP contribution in [0.3, 0.4) is 0 Å². The fourth-order valence-electron chi connectivity index (χ4n) is 2.08. The maximum atomic E-state index is 12.0. The summed E-state index contributed by atoms with van der Waals surface area (Å²) in [7, 11) is 1.51. The van der Waals surface area contributed by atoms with Gasteiger partial charge in [-0.25, -0.2) is 4.79 Å². The number of amides is 3. The van der Waals surface area contributed by atoms with Crippen molar-refractivity contribution in [2.75, 3.05) is 17.7 Å². The molecule has 0 aromatic heterocycles. The molecule has 0 atom stereocenters. The first-order valence-electron chi connectivity index (χ1n) is 7.23. The van der Waals surface area contributed by atoms with Crippen LogP contribution < -0.4 is 20.7 Å². The SMILES string of the molecule is COc1ccc(NC(=O)NCc2cccc(Cl)c2)cc1NC(C)=O. The van der Waals surface area contributed by atoms with Gasteiger partial charge in [0.1, 0.15) is 5.75 Å². The molecule has 0 saturated heterocycles.